The van der Waals surface area contributed by atoms with E-state index in [9.17, 15) is 8.78 Å². The molecule has 0 aliphatic rings. The van der Waals surface area contributed by atoms with Crippen molar-refractivity contribution in [1.82, 2.24) is 5.32 Å². The van der Waals surface area contributed by atoms with Gasteiger partial charge in [0.2, 0.25) is 0 Å². The molecule has 1 N–H and O–H groups in total. The van der Waals surface area contributed by atoms with Crippen molar-refractivity contribution >= 4 is 11.8 Å². The lowest BCUT2D eigenvalue weighted by molar-refractivity contribution is 0.565. The van der Waals surface area contributed by atoms with E-state index in [1.165, 1.54) is 29.5 Å². The van der Waals surface area contributed by atoms with Crippen LogP contribution in [0.25, 0.3) is 0 Å². The Bertz CT molecular complexity index is 614. The minimum atomic E-state index is -0.550. The predicted octanol–water partition coefficient (Wildman–Crippen LogP) is 4.92. The molecule has 0 heterocycles. The van der Waals surface area contributed by atoms with E-state index in [0.717, 1.165) is 36.0 Å². The van der Waals surface area contributed by atoms with E-state index in [1.807, 2.05) is 19.1 Å². The lowest BCUT2D eigenvalue weighted by atomic mass is 10.1. The highest BCUT2D eigenvalue weighted by atomic mass is 32.2. The van der Waals surface area contributed by atoms with Gasteiger partial charge in [0.15, 0.2) is 0 Å². The molecular formula is C17H19F2NS. The third kappa shape index (κ3) is 4.55. The number of hydrogen-bond acceptors (Lipinski definition) is 2. The predicted molar refractivity (Wildman–Crippen MR) is 83.7 cm³/mol. The molecule has 0 atom stereocenters. The highest BCUT2D eigenvalue weighted by molar-refractivity contribution is 7.99. The van der Waals surface area contributed by atoms with Gasteiger partial charge in [-0.2, -0.15) is 0 Å². The van der Waals surface area contributed by atoms with Crippen LogP contribution >= 0.6 is 11.8 Å². The minimum absolute atomic E-state index is 0.442. The number of benzene rings is 2. The fourth-order valence-electron chi connectivity index (χ4n) is 2.02. The Kier molecular flexibility index (Phi) is 5.76. The van der Waals surface area contributed by atoms with Crippen LogP contribution in [-0.4, -0.2) is 6.54 Å². The summed E-state index contributed by atoms with van der Waals surface area (Å²) in [5, 5.41) is 3.36. The highest BCUT2D eigenvalue weighted by Gasteiger charge is 2.09. The van der Waals surface area contributed by atoms with Crippen LogP contribution in [0.2, 0.25) is 0 Å². The fourth-order valence-corrected chi connectivity index (χ4v) is 2.95. The van der Waals surface area contributed by atoms with Gasteiger partial charge < -0.3 is 5.32 Å². The lowest BCUT2D eigenvalue weighted by Gasteiger charge is -2.12. The molecule has 0 aromatic heterocycles. The van der Waals surface area contributed by atoms with Crippen molar-refractivity contribution in [2.45, 2.75) is 36.6 Å². The zero-order valence-electron chi connectivity index (χ0n) is 12.2. The van der Waals surface area contributed by atoms with Crippen molar-refractivity contribution in [2.24, 2.45) is 0 Å². The third-order valence-corrected chi connectivity index (χ3v) is 4.24. The average Bonchev–Trinajstić information content (AvgIpc) is 2.44. The van der Waals surface area contributed by atoms with E-state index in [-0.39, 0.29) is 0 Å². The Morgan fingerprint density at radius 1 is 1.05 bits per heavy atom. The van der Waals surface area contributed by atoms with Gasteiger partial charge in [-0.15, -0.1) is 0 Å². The molecular weight excluding hydrogens is 288 g/mol. The van der Waals surface area contributed by atoms with Crippen LogP contribution in [0.3, 0.4) is 0 Å². The number of rotatable bonds is 6. The Labute approximate surface area is 128 Å². The maximum atomic E-state index is 13.8. The molecule has 1 nitrogen and oxygen atoms in total. The van der Waals surface area contributed by atoms with Crippen molar-refractivity contribution in [3.8, 4) is 0 Å². The number of halogens is 2. The molecule has 0 saturated carbocycles. The summed E-state index contributed by atoms with van der Waals surface area (Å²) in [6.07, 6.45) is 1.07. The molecule has 0 aliphatic carbocycles. The quantitative estimate of drug-likeness (QED) is 0.760. The molecule has 0 fully saturated rings. The normalized spacial score (nSPS) is 10.9. The molecule has 2 aromatic rings. The largest absolute Gasteiger partial charge is 0.313 e. The van der Waals surface area contributed by atoms with Crippen LogP contribution in [-0.2, 0) is 6.54 Å². The Balaban J connectivity index is 2.22. The van der Waals surface area contributed by atoms with Crippen molar-refractivity contribution in [2.75, 3.05) is 6.54 Å². The number of aryl methyl sites for hydroxylation is 1. The zero-order chi connectivity index (χ0) is 15.2. The van der Waals surface area contributed by atoms with Crippen LogP contribution in [0.15, 0.2) is 46.2 Å². The Hall–Kier alpha value is -1.39. The molecule has 0 bridgehead atoms. The van der Waals surface area contributed by atoms with E-state index >= 15 is 0 Å². The number of nitrogens with one attached hydrogen (secondary N) is 1. The van der Waals surface area contributed by atoms with Gasteiger partial charge in [-0.05, 0) is 43.7 Å². The molecule has 0 amide bonds. The molecule has 4 heteroatoms. The monoisotopic (exact) mass is 307 g/mol. The average molecular weight is 307 g/mol. The Morgan fingerprint density at radius 3 is 2.52 bits per heavy atom. The van der Waals surface area contributed by atoms with E-state index in [4.69, 9.17) is 0 Å². The van der Waals surface area contributed by atoms with Gasteiger partial charge in [0.1, 0.15) is 11.6 Å². The minimum Gasteiger partial charge on any atom is -0.313 e. The van der Waals surface area contributed by atoms with Crippen LogP contribution in [0.4, 0.5) is 8.78 Å². The molecule has 21 heavy (non-hydrogen) atoms. The highest BCUT2D eigenvalue weighted by Crippen LogP contribution is 2.33. The second kappa shape index (κ2) is 7.57. The summed E-state index contributed by atoms with van der Waals surface area (Å²) >= 11 is 1.33. The zero-order valence-corrected chi connectivity index (χ0v) is 13.1. The smallest absolute Gasteiger partial charge is 0.140 e. The standard InChI is InChI=1S/C17H19F2NS/c1-3-8-20-11-13-9-12(2)4-6-16(13)21-17-7-5-14(18)10-15(17)19/h4-7,9-10,20H,3,8,11H2,1-2H3. The van der Waals surface area contributed by atoms with Gasteiger partial charge in [0.05, 0.1) is 0 Å². The molecule has 0 spiro atoms. The van der Waals surface area contributed by atoms with E-state index in [2.05, 4.69) is 18.3 Å². The first-order valence-electron chi connectivity index (χ1n) is 7.03. The third-order valence-electron chi connectivity index (χ3n) is 3.07. The topological polar surface area (TPSA) is 12.0 Å². The second-order valence-electron chi connectivity index (χ2n) is 4.96. The fraction of sp³-hybridized carbons (Fsp3) is 0.294. The summed E-state index contributed by atoms with van der Waals surface area (Å²) in [4.78, 5) is 1.44. The molecule has 2 rings (SSSR count). The van der Waals surface area contributed by atoms with E-state index in [1.54, 1.807) is 0 Å². The molecule has 0 radical (unpaired) electrons. The van der Waals surface area contributed by atoms with E-state index < -0.39 is 11.6 Å². The summed E-state index contributed by atoms with van der Waals surface area (Å²) in [6.45, 7) is 5.85. The van der Waals surface area contributed by atoms with Gasteiger partial charge in [0, 0.05) is 22.4 Å². The first-order chi connectivity index (χ1) is 10.1. The first-order valence-corrected chi connectivity index (χ1v) is 7.85. The van der Waals surface area contributed by atoms with Crippen LogP contribution < -0.4 is 5.32 Å². The van der Waals surface area contributed by atoms with Crippen LogP contribution in [0.5, 0.6) is 0 Å². The Morgan fingerprint density at radius 2 is 1.81 bits per heavy atom. The van der Waals surface area contributed by atoms with Crippen LogP contribution in [0.1, 0.15) is 24.5 Å². The summed E-state index contributed by atoms with van der Waals surface area (Å²) in [5.74, 6) is -1.07. The van der Waals surface area contributed by atoms with Crippen molar-refractivity contribution < 1.29 is 8.78 Å². The van der Waals surface area contributed by atoms with Gasteiger partial charge in [-0.3, -0.25) is 0 Å². The molecule has 2 aromatic carbocycles. The summed E-state index contributed by atoms with van der Waals surface area (Å²) in [7, 11) is 0. The molecule has 0 unspecified atom stereocenters. The van der Waals surface area contributed by atoms with Crippen molar-refractivity contribution in [3.63, 3.8) is 0 Å². The van der Waals surface area contributed by atoms with Crippen molar-refractivity contribution in [3.05, 3.63) is 59.2 Å². The molecule has 0 saturated heterocycles. The van der Waals surface area contributed by atoms with Gasteiger partial charge in [-0.1, -0.05) is 36.4 Å². The van der Waals surface area contributed by atoms with Crippen LogP contribution in [0, 0.1) is 18.6 Å². The summed E-state index contributed by atoms with van der Waals surface area (Å²) in [5.41, 5.74) is 2.31. The van der Waals surface area contributed by atoms with E-state index in [0.29, 0.717) is 4.90 Å². The lowest BCUT2D eigenvalue weighted by Crippen LogP contribution is -2.14. The number of hydrogen-bond donors (Lipinski definition) is 1. The van der Waals surface area contributed by atoms with Crippen molar-refractivity contribution in [1.29, 1.82) is 0 Å². The SMILES string of the molecule is CCCNCc1cc(C)ccc1Sc1ccc(F)cc1F. The molecule has 112 valence electrons. The summed E-state index contributed by atoms with van der Waals surface area (Å²) in [6, 6.07) is 9.80. The maximum absolute atomic E-state index is 13.8. The van der Waals surface area contributed by atoms with Gasteiger partial charge >= 0.3 is 0 Å². The second-order valence-corrected chi connectivity index (χ2v) is 6.05. The summed E-state index contributed by atoms with van der Waals surface area (Å²) < 4.78 is 26.7. The van der Waals surface area contributed by atoms with Gasteiger partial charge in [0.25, 0.3) is 0 Å². The molecule has 0 aliphatic heterocycles. The van der Waals surface area contributed by atoms with Gasteiger partial charge in [-0.25, -0.2) is 8.78 Å². The first kappa shape index (κ1) is 16.0. The maximum Gasteiger partial charge on any atom is 0.140 e.